The summed E-state index contributed by atoms with van der Waals surface area (Å²) in [7, 11) is 3.27. The van der Waals surface area contributed by atoms with Crippen LogP contribution in [0.4, 0.5) is 0 Å². The van der Waals surface area contributed by atoms with Crippen LogP contribution < -0.4 is 20.1 Å². The number of aliphatic imine (C=N–C) groups is 1. The smallest absolute Gasteiger partial charge is 0.191 e. The average molecular weight is 515 g/mol. The zero-order valence-corrected chi connectivity index (χ0v) is 19.3. The van der Waals surface area contributed by atoms with E-state index < -0.39 is 0 Å². The monoisotopic (exact) mass is 515 g/mol. The molecule has 0 aliphatic carbocycles. The minimum absolute atomic E-state index is 0. The van der Waals surface area contributed by atoms with Gasteiger partial charge in [-0.25, -0.2) is 4.99 Å². The lowest BCUT2D eigenvalue weighted by Crippen LogP contribution is -2.41. The van der Waals surface area contributed by atoms with Gasteiger partial charge in [0.15, 0.2) is 17.5 Å². The first-order valence-electron chi connectivity index (χ1n) is 9.65. The van der Waals surface area contributed by atoms with Crippen LogP contribution in [-0.2, 0) is 17.7 Å². The third kappa shape index (κ3) is 7.43. The van der Waals surface area contributed by atoms with E-state index in [0.717, 1.165) is 56.2 Å². The van der Waals surface area contributed by atoms with Crippen LogP contribution in [0.15, 0.2) is 46.0 Å². The SMILES string of the molecule is COc1ccc(CN=C(NCCc2ccco2)NCC2CCCO2)cc1OC.I. The maximum atomic E-state index is 5.69. The van der Waals surface area contributed by atoms with Crippen LogP contribution in [0.25, 0.3) is 0 Å². The fourth-order valence-electron chi connectivity index (χ4n) is 3.10. The quantitative estimate of drug-likeness (QED) is 0.303. The van der Waals surface area contributed by atoms with Gasteiger partial charge in [0.05, 0.1) is 33.1 Å². The minimum Gasteiger partial charge on any atom is -0.493 e. The van der Waals surface area contributed by atoms with E-state index >= 15 is 0 Å². The number of hydrogen-bond acceptors (Lipinski definition) is 5. The molecule has 8 heteroatoms. The van der Waals surface area contributed by atoms with E-state index in [0.29, 0.717) is 18.0 Å². The largest absolute Gasteiger partial charge is 0.493 e. The Balaban J connectivity index is 0.00000300. The summed E-state index contributed by atoms with van der Waals surface area (Å²) in [5, 5.41) is 6.76. The first kappa shape index (κ1) is 23.3. The van der Waals surface area contributed by atoms with Gasteiger partial charge in [0.25, 0.3) is 0 Å². The summed E-state index contributed by atoms with van der Waals surface area (Å²) in [6, 6.07) is 9.71. The van der Waals surface area contributed by atoms with Gasteiger partial charge in [0.2, 0.25) is 0 Å². The summed E-state index contributed by atoms with van der Waals surface area (Å²) in [6.07, 6.45) is 4.94. The molecule has 7 nitrogen and oxygen atoms in total. The molecule has 1 unspecified atom stereocenters. The van der Waals surface area contributed by atoms with Gasteiger partial charge in [-0.05, 0) is 42.7 Å². The molecule has 1 aliphatic rings. The Hall–Kier alpha value is -1.94. The molecule has 1 saturated heterocycles. The third-order valence-electron chi connectivity index (χ3n) is 4.63. The van der Waals surface area contributed by atoms with Crippen LogP contribution in [0, 0.1) is 0 Å². The number of methoxy groups -OCH3 is 2. The zero-order valence-electron chi connectivity index (χ0n) is 17.0. The fraction of sp³-hybridized carbons (Fsp3) is 0.476. The summed E-state index contributed by atoms with van der Waals surface area (Å²) in [4.78, 5) is 4.72. The maximum absolute atomic E-state index is 5.69. The first-order valence-corrected chi connectivity index (χ1v) is 9.65. The van der Waals surface area contributed by atoms with Gasteiger partial charge in [-0.1, -0.05) is 6.07 Å². The Morgan fingerprint density at radius 1 is 1.17 bits per heavy atom. The molecular formula is C21H30IN3O4. The molecule has 2 N–H and O–H groups in total. The van der Waals surface area contributed by atoms with Gasteiger partial charge in [-0.2, -0.15) is 0 Å². The zero-order chi connectivity index (χ0) is 19.6. The van der Waals surface area contributed by atoms with Crippen LogP contribution in [0.5, 0.6) is 11.5 Å². The molecule has 0 amide bonds. The normalized spacial score (nSPS) is 16.2. The Kier molecular flexibility index (Phi) is 10.1. The third-order valence-corrected chi connectivity index (χ3v) is 4.63. The fourth-order valence-corrected chi connectivity index (χ4v) is 3.10. The van der Waals surface area contributed by atoms with Crippen LogP contribution in [0.1, 0.15) is 24.2 Å². The van der Waals surface area contributed by atoms with Gasteiger partial charge in [-0.3, -0.25) is 0 Å². The minimum atomic E-state index is 0. The van der Waals surface area contributed by atoms with Gasteiger partial charge in [0.1, 0.15) is 5.76 Å². The molecule has 29 heavy (non-hydrogen) atoms. The van der Waals surface area contributed by atoms with Gasteiger partial charge < -0.3 is 29.3 Å². The van der Waals surface area contributed by atoms with Crippen molar-refractivity contribution in [3.05, 3.63) is 47.9 Å². The molecule has 0 radical (unpaired) electrons. The van der Waals surface area contributed by atoms with E-state index in [1.165, 1.54) is 0 Å². The van der Waals surface area contributed by atoms with E-state index in [9.17, 15) is 0 Å². The van der Waals surface area contributed by atoms with Crippen molar-refractivity contribution < 1.29 is 18.6 Å². The highest BCUT2D eigenvalue weighted by Gasteiger charge is 2.15. The summed E-state index contributed by atoms with van der Waals surface area (Å²) < 4.78 is 21.7. The van der Waals surface area contributed by atoms with Crippen molar-refractivity contribution in [2.24, 2.45) is 4.99 Å². The Labute approximate surface area is 189 Å². The highest BCUT2D eigenvalue weighted by molar-refractivity contribution is 14.0. The van der Waals surface area contributed by atoms with Crippen LogP contribution in [-0.4, -0.2) is 46.0 Å². The number of nitrogens with zero attached hydrogens (tertiary/aromatic N) is 1. The Morgan fingerprint density at radius 3 is 2.72 bits per heavy atom. The molecule has 1 atom stereocenters. The maximum Gasteiger partial charge on any atom is 0.191 e. The van der Waals surface area contributed by atoms with Crippen LogP contribution in [0.3, 0.4) is 0 Å². The molecule has 0 bridgehead atoms. The van der Waals surface area contributed by atoms with Crippen molar-refractivity contribution in [2.75, 3.05) is 33.9 Å². The number of rotatable bonds is 9. The summed E-state index contributed by atoms with van der Waals surface area (Å²) in [6.45, 7) is 2.85. The van der Waals surface area contributed by atoms with Crippen LogP contribution >= 0.6 is 24.0 Å². The van der Waals surface area contributed by atoms with E-state index in [1.807, 2.05) is 30.3 Å². The second kappa shape index (κ2) is 12.6. The molecule has 160 valence electrons. The molecular weight excluding hydrogens is 485 g/mol. The number of benzene rings is 1. The Morgan fingerprint density at radius 2 is 2.03 bits per heavy atom. The average Bonchev–Trinajstić information content (AvgIpc) is 3.43. The summed E-state index contributed by atoms with van der Waals surface area (Å²) in [5.41, 5.74) is 1.04. The molecule has 1 aliphatic heterocycles. The number of halogens is 1. The van der Waals surface area contributed by atoms with Crippen LogP contribution in [0.2, 0.25) is 0 Å². The van der Waals surface area contributed by atoms with Gasteiger partial charge in [-0.15, -0.1) is 24.0 Å². The number of furan rings is 1. The second-order valence-electron chi connectivity index (χ2n) is 6.63. The van der Waals surface area contributed by atoms with E-state index in [1.54, 1.807) is 20.5 Å². The van der Waals surface area contributed by atoms with E-state index in [2.05, 4.69) is 10.6 Å². The summed E-state index contributed by atoms with van der Waals surface area (Å²) in [5.74, 6) is 3.13. The number of hydrogen-bond donors (Lipinski definition) is 2. The van der Waals surface area contributed by atoms with E-state index in [4.69, 9.17) is 23.6 Å². The molecule has 2 aromatic rings. The van der Waals surface area contributed by atoms with Crippen molar-refractivity contribution in [1.82, 2.24) is 10.6 Å². The standard InChI is InChI=1S/C21H29N3O4.HI/c1-25-19-8-7-16(13-20(19)26-2)14-23-21(24-15-18-6-4-12-28-18)22-10-9-17-5-3-11-27-17;/h3,5,7-8,11,13,18H,4,6,9-10,12,14-15H2,1-2H3,(H2,22,23,24);1H. The second-order valence-corrected chi connectivity index (χ2v) is 6.63. The molecule has 1 fully saturated rings. The molecule has 2 heterocycles. The highest BCUT2D eigenvalue weighted by atomic mass is 127. The lowest BCUT2D eigenvalue weighted by Gasteiger charge is -2.15. The van der Waals surface area contributed by atoms with E-state index in [-0.39, 0.29) is 30.1 Å². The number of ether oxygens (including phenoxy) is 3. The van der Waals surface area contributed by atoms with Crippen molar-refractivity contribution in [3.8, 4) is 11.5 Å². The van der Waals surface area contributed by atoms with Crippen molar-refractivity contribution in [1.29, 1.82) is 0 Å². The van der Waals surface area contributed by atoms with Crippen molar-refractivity contribution in [3.63, 3.8) is 0 Å². The highest BCUT2D eigenvalue weighted by Crippen LogP contribution is 2.27. The van der Waals surface area contributed by atoms with Gasteiger partial charge in [0, 0.05) is 26.1 Å². The Bertz CT molecular complexity index is 746. The first-order chi connectivity index (χ1) is 13.8. The molecule has 3 rings (SSSR count). The van der Waals surface area contributed by atoms with Gasteiger partial charge >= 0.3 is 0 Å². The predicted octanol–water partition coefficient (Wildman–Crippen LogP) is 3.37. The molecule has 0 saturated carbocycles. The van der Waals surface area contributed by atoms with Crippen molar-refractivity contribution >= 4 is 29.9 Å². The number of guanidine groups is 1. The van der Waals surface area contributed by atoms with Crippen molar-refractivity contribution in [2.45, 2.75) is 31.9 Å². The molecule has 0 spiro atoms. The topological polar surface area (TPSA) is 77.2 Å². The summed E-state index contributed by atoms with van der Waals surface area (Å²) >= 11 is 0. The lowest BCUT2D eigenvalue weighted by molar-refractivity contribution is 0.114. The lowest BCUT2D eigenvalue weighted by atomic mass is 10.2. The number of nitrogens with one attached hydrogen (secondary N) is 2. The molecule has 1 aromatic carbocycles. The molecule has 1 aromatic heterocycles. The predicted molar refractivity (Wildman–Crippen MR) is 123 cm³/mol.